The maximum Gasteiger partial charge on any atom is 0.315 e. The van der Waals surface area contributed by atoms with Crippen molar-refractivity contribution >= 4 is 62.1 Å². The van der Waals surface area contributed by atoms with E-state index in [4.69, 9.17) is 16.6 Å². The first-order valence-electron chi connectivity index (χ1n) is 12.8. The van der Waals surface area contributed by atoms with Crippen molar-refractivity contribution in [3.05, 3.63) is 48.2 Å². The van der Waals surface area contributed by atoms with E-state index in [0.29, 0.717) is 40.5 Å². The molecule has 0 aliphatic carbocycles. The summed E-state index contributed by atoms with van der Waals surface area (Å²) in [6.07, 6.45) is 3.16. The van der Waals surface area contributed by atoms with Crippen LogP contribution in [0.15, 0.2) is 46.9 Å². The van der Waals surface area contributed by atoms with Crippen molar-refractivity contribution in [2.45, 2.75) is 49.4 Å². The molecule has 3 fully saturated rings. The largest absolute Gasteiger partial charge is 0.481 e. The van der Waals surface area contributed by atoms with Crippen LogP contribution in [0.1, 0.15) is 37.9 Å². The Balaban J connectivity index is 1.14. The number of hydrogen-bond acceptors (Lipinski definition) is 6. The number of amides is 3. The number of carboxylic acids is 1. The third kappa shape index (κ3) is 6.32. The number of urea groups is 1. The Morgan fingerprint density at radius 2 is 2.03 bits per heavy atom. The fourth-order valence-corrected chi connectivity index (χ4v) is 8.95. The van der Waals surface area contributed by atoms with Crippen LogP contribution in [-0.4, -0.2) is 73.0 Å². The van der Waals surface area contributed by atoms with Gasteiger partial charge in [0.1, 0.15) is 15.8 Å². The Labute approximate surface area is 233 Å². The fourth-order valence-electron chi connectivity index (χ4n) is 5.31. The lowest BCUT2D eigenvalue weighted by atomic mass is 9.91. The second kappa shape index (κ2) is 12.0. The Morgan fingerprint density at radius 3 is 2.82 bits per heavy atom. The number of rotatable bonds is 11. The number of thiocarbonyl (C=S) groups is 1. The van der Waals surface area contributed by atoms with Gasteiger partial charge >= 0.3 is 12.0 Å². The quantitative estimate of drug-likeness (QED) is 0.271. The predicted octanol–water partition coefficient (Wildman–Crippen LogP) is 4.31. The number of thioether (sulfide) groups is 1. The maximum atomic E-state index is 12.8. The van der Waals surface area contributed by atoms with E-state index in [1.807, 2.05) is 59.6 Å². The molecule has 3 saturated heterocycles. The smallest absolute Gasteiger partial charge is 0.315 e. The highest BCUT2D eigenvalue weighted by molar-refractivity contribution is 8.35. The Bertz CT molecular complexity index is 1250. The molecular weight excluding hydrogens is 543 g/mol. The minimum atomic E-state index is -0.806. The lowest BCUT2D eigenvalue weighted by Gasteiger charge is -2.21. The van der Waals surface area contributed by atoms with Crippen molar-refractivity contribution in [3.8, 4) is 11.3 Å². The van der Waals surface area contributed by atoms with Crippen molar-refractivity contribution in [3.63, 3.8) is 0 Å². The van der Waals surface area contributed by atoms with Gasteiger partial charge in [0, 0.05) is 34.9 Å². The fraction of sp³-hybridized carbons (Fsp3) is 0.444. The van der Waals surface area contributed by atoms with Gasteiger partial charge in [-0.25, -0.2) is 4.79 Å². The molecule has 11 heteroatoms. The van der Waals surface area contributed by atoms with Crippen molar-refractivity contribution in [1.82, 2.24) is 15.5 Å². The van der Waals surface area contributed by atoms with Gasteiger partial charge in [0.05, 0.1) is 17.8 Å². The van der Waals surface area contributed by atoms with Crippen LogP contribution < -0.4 is 10.6 Å². The summed E-state index contributed by atoms with van der Waals surface area (Å²) in [5.41, 5.74) is 0.995. The zero-order chi connectivity index (χ0) is 26.6. The Hall–Kier alpha value is -2.63. The Morgan fingerprint density at radius 1 is 1.21 bits per heavy atom. The third-order valence-electron chi connectivity index (χ3n) is 7.22. The average molecular weight is 574 g/mol. The molecule has 5 atom stereocenters. The summed E-state index contributed by atoms with van der Waals surface area (Å²) in [6.45, 7) is 0.501. The molecule has 0 spiro atoms. The number of nitrogens with one attached hydrogen (secondary N) is 2. The van der Waals surface area contributed by atoms with Gasteiger partial charge in [0.2, 0.25) is 5.91 Å². The monoisotopic (exact) mass is 573 g/mol. The highest BCUT2D eigenvalue weighted by Crippen LogP contribution is 2.35. The van der Waals surface area contributed by atoms with Crippen LogP contribution in [0.25, 0.3) is 11.3 Å². The van der Waals surface area contributed by atoms with Crippen LogP contribution in [0.4, 0.5) is 4.79 Å². The molecule has 0 bridgehead atoms. The van der Waals surface area contributed by atoms with Crippen LogP contribution in [0.3, 0.4) is 0 Å². The molecule has 202 valence electrons. The molecule has 1 aromatic heterocycles. The molecule has 0 radical (unpaired) electrons. The summed E-state index contributed by atoms with van der Waals surface area (Å²) < 4.78 is 6.60. The number of aliphatic carboxylic acids is 1. The van der Waals surface area contributed by atoms with Gasteiger partial charge in [-0.05, 0) is 43.7 Å². The number of carbonyl (C=O) groups excluding carboxylic acids is 2. The molecular formula is C27H31N3O5S3. The van der Waals surface area contributed by atoms with Gasteiger partial charge in [0.15, 0.2) is 0 Å². The molecule has 5 rings (SSSR count). The number of carboxylic acid groups (broad SMARTS) is 1. The van der Waals surface area contributed by atoms with E-state index < -0.39 is 16.5 Å². The van der Waals surface area contributed by atoms with E-state index >= 15 is 0 Å². The second-order valence-corrected chi connectivity index (χ2v) is 13.6. The highest BCUT2D eigenvalue weighted by atomic mass is 32.2. The van der Waals surface area contributed by atoms with E-state index in [0.717, 1.165) is 29.9 Å². The number of hydrogen-bond donors (Lipinski definition) is 3. The maximum absolute atomic E-state index is 12.8. The van der Waals surface area contributed by atoms with Crippen LogP contribution in [0, 0.1) is 5.92 Å². The molecule has 2 aromatic rings. The van der Waals surface area contributed by atoms with Crippen LogP contribution in [-0.2, 0) is 9.59 Å². The topological polar surface area (TPSA) is 112 Å². The van der Waals surface area contributed by atoms with Gasteiger partial charge < -0.3 is 20.2 Å². The second-order valence-electron chi connectivity index (χ2n) is 9.88. The number of carbonyl (C=O) groups is 3. The number of furan rings is 1. The van der Waals surface area contributed by atoms with Gasteiger partial charge in [0.25, 0.3) is 0 Å². The summed E-state index contributed by atoms with van der Waals surface area (Å²) in [4.78, 5) is 37.6. The van der Waals surface area contributed by atoms with E-state index in [2.05, 4.69) is 10.6 Å². The third-order valence-corrected chi connectivity index (χ3v) is 11.3. The molecule has 1 aromatic carbocycles. The van der Waals surface area contributed by atoms with Gasteiger partial charge in [-0.1, -0.05) is 42.5 Å². The highest BCUT2D eigenvalue weighted by Gasteiger charge is 2.42. The number of benzene rings is 1. The van der Waals surface area contributed by atoms with Crippen LogP contribution in [0.5, 0.6) is 0 Å². The van der Waals surface area contributed by atoms with Crippen molar-refractivity contribution in [2.75, 3.05) is 18.1 Å². The van der Waals surface area contributed by atoms with E-state index in [1.165, 1.54) is 0 Å². The first-order chi connectivity index (χ1) is 18.4. The number of nitrogens with zero attached hydrogens (tertiary/aromatic N) is 1. The molecule has 8 nitrogen and oxygen atoms in total. The number of fused-ring (bicyclic) bond motifs is 1. The van der Waals surface area contributed by atoms with E-state index in [-0.39, 0.29) is 36.4 Å². The average Bonchev–Trinajstić information content (AvgIpc) is 3.65. The minimum absolute atomic E-state index is 0.0112. The standard InChI is InChI=1S/C27H31N3O5S3/c31-23-16-38(15-19-9-10-21(35-19)18-6-2-1-3-7-18)27(36)30(23)12-4-5-17(13-24(32)33)8-11-22-25-20(14-37-22)28-26(34)29-25/h1-3,6-7,9-10,15,17,20,22,25H,4-5,8,11-14,16H2,(H,32,33)(H2,28,29,34). The van der Waals surface area contributed by atoms with Crippen molar-refractivity contribution in [1.29, 1.82) is 0 Å². The normalized spacial score (nSPS) is 25.5. The van der Waals surface area contributed by atoms with Gasteiger partial charge in [-0.3, -0.25) is 14.5 Å². The molecule has 0 saturated carbocycles. The zero-order valence-electron chi connectivity index (χ0n) is 20.8. The van der Waals surface area contributed by atoms with Crippen LogP contribution >= 0.6 is 34.5 Å². The first kappa shape index (κ1) is 27.0. The molecule has 5 unspecified atom stereocenters. The lowest BCUT2D eigenvalue weighted by molar-refractivity contribution is -0.138. The molecule has 3 amide bonds. The summed E-state index contributed by atoms with van der Waals surface area (Å²) >= 11 is 7.51. The summed E-state index contributed by atoms with van der Waals surface area (Å²) in [5.74, 6) is 1.93. The predicted molar refractivity (Wildman–Crippen MR) is 156 cm³/mol. The Kier molecular flexibility index (Phi) is 8.54. The van der Waals surface area contributed by atoms with Crippen molar-refractivity contribution in [2.24, 2.45) is 5.92 Å². The molecule has 3 N–H and O–H groups in total. The minimum Gasteiger partial charge on any atom is -0.481 e. The van der Waals surface area contributed by atoms with Gasteiger partial charge in [-0.2, -0.15) is 11.8 Å². The summed E-state index contributed by atoms with van der Waals surface area (Å²) in [7, 11) is -0.508. The van der Waals surface area contributed by atoms with Gasteiger partial charge in [-0.15, -0.1) is 10.5 Å². The summed E-state index contributed by atoms with van der Waals surface area (Å²) in [6, 6.07) is 13.8. The SMILES string of the molecule is O=C(O)CC(CCCN1C(=O)C/S(=C/c2ccc(-c3ccccc3)o2)C1=S)CCC1SCC2NC(=O)NC21. The molecule has 3 aliphatic heterocycles. The van der Waals surface area contributed by atoms with Crippen LogP contribution in [0.2, 0.25) is 0 Å². The van der Waals surface area contributed by atoms with Crippen molar-refractivity contribution < 1.29 is 23.9 Å². The van der Waals surface area contributed by atoms with E-state index in [1.54, 1.807) is 4.90 Å². The molecule has 38 heavy (non-hydrogen) atoms. The molecule has 4 heterocycles. The lowest BCUT2D eigenvalue weighted by Crippen LogP contribution is -2.37. The van der Waals surface area contributed by atoms with E-state index in [9.17, 15) is 19.5 Å². The molecule has 3 aliphatic rings. The zero-order valence-corrected chi connectivity index (χ0v) is 23.3. The first-order valence-corrected chi connectivity index (χ1v) is 15.7. The summed E-state index contributed by atoms with van der Waals surface area (Å²) in [5, 5.41) is 17.6.